The molecule has 0 spiro atoms. The molecule has 1 fully saturated rings. The molecule has 1 aromatic heterocycles. The first kappa shape index (κ1) is 18.0. The Morgan fingerprint density at radius 3 is 2.93 bits per heavy atom. The van der Waals surface area contributed by atoms with Gasteiger partial charge in [0.15, 0.2) is 5.13 Å². The lowest BCUT2D eigenvalue weighted by Gasteiger charge is -2.31. The average molecular weight is 385 g/mol. The van der Waals surface area contributed by atoms with E-state index in [-0.39, 0.29) is 35.5 Å². The van der Waals surface area contributed by atoms with E-state index >= 15 is 0 Å². The number of carbonyl (C=O) groups excluding carboxylic acids is 2. The third-order valence-electron chi connectivity index (χ3n) is 5.60. The van der Waals surface area contributed by atoms with E-state index in [9.17, 15) is 9.59 Å². The number of carbonyl (C=O) groups is 2. The molecule has 0 bridgehead atoms. The zero-order valence-corrected chi connectivity index (χ0v) is 16.2. The number of likely N-dealkylation sites (tertiary alicyclic amines) is 1. The Labute approximate surface area is 162 Å². The molecular formula is C20H23N3O3S. The smallest absolute Gasteiger partial charge is 0.309 e. The zero-order valence-electron chi connectivity index (χ0n) is 15.4. The van der Waals surface area contributed by atoms with Gasteiger partial charge in [0.05, 0.1) is 22.7 Å². The molecule has 142 valence electrons. The molecule has 4 rings (SSSR count). The van der Waals surface area contributed by atoms with E-state index in [0.717, 1.165) is 10.2 Å². The fraction of sp³-hybridized carbons (Fsp3) is 0.450. The predicted octanol–water partition coefficient (Wildman–Crippen LogP) is 2.95. The van der Waals surface area contributed by atoms with Crippen LogP contribution in [0.15, 0.2) is 30.4 Å². The third kappa shape index (κ3) is 3.20. The number of hydrogen-bond acceptors (Lipinski definition) is 6. The van der Waals surface area contributed by atoms with Crippen LogP contribution in [-0.2, 0) is 9.53 Å². The van der Waals surface area contributed by atoms with E-state index in [0.29, 0.717) is 30.4 Å². The van der Waals surface area contributed by atoms with Crippen LogP contribution in [0.1, 0.15) is 24.2 Å². The molecule has 4 atom stereocenters. The third-order valence-corrected chi connectivity index (χ3v) is 6.46. The minimum absolute atomic E-state index is 0.0264. The van der Waals surface area contributed by atoms with Crippen molar-refractivity contribution in [3.05, 3.63) is 35.9 Å². The second-order valence-corrected chi connectivity index (χ2v) is 8.36. The largest absolute Gasteiger partial charge is 0.466 e. The van der Waals surface area contributed by atoms with Crippen molar-refractivity contribution >= 4 is 38.6 Å². The van der Waals surface area contributed by atoms with Crippen LogP contribution in [0.2, 0.25) is 0 Å². The summed E-state index contributed by atoms with van der Waals surface area (Å²) in [5, 5.41) is 0.498. The fourth-order valence-corrected chi connectivity index (χ4v) is 5.03. The number of benzene rings is 1. The first-order chi connectivity index (χ1) is 13.0. The number of allylic oxidation sites excluding steroid dienone is 1. The Morgan fingerprint density at radius 2 is 2.15 bits per heavy atom. The summed E-state index contributed by atoms with van der Waals surface area (Å²) in [6.45, 7) is 5.44. The van der Waals surface area contributed by atoms with Gasteiger partial charge in [0.2, 0.25) is 0 Å². The Kier molecular flexibility index (Phi) is 4.63. The summed E-state index contributed by atoms with van der Waals surface area (Å²) in [6.07, 6.45) is 4.24. The van der Waals surface area contributed by atoms with Crippen LogP contribution in [0, 0.1) is 23.7 Å². The second kappa shape index (κ2) is 6.96. The molecule has 1 amide bonds. The van der Waals surface area contributed by atoms with Gasteiger partial charge in [-0.3, -0.25) is 9.59 Å². The molecule has 1 saturated heterocycles. The lowest BCUT2D eigenvalue weighted by molar-refractivity contribution is -0.152. The van der Waals surface area contributed by atoms with Gasteiger partial charge in [-0.05, 0) is 42.9 Å². The Morgan fingerprint density at radius 1 is 1.33 bits per heavy atom. The fourth-order valence-electron chi connectivity index (χ4n) is 4.32. The van der Waals surface area contributed by atoms with Crippen molar-refractivity contribution in [2.75, 3.05) is 25.4 Å². The summed E-state index contributed by atoms with van der Waals surface area (Å²) in [5.74, 6) is 0.0395. The molecule has 27 heavy (non-hydrogen) atoms. The molecule has 1 aliphatic carbocycles. The topological polar surface area (TPSA) is 85.5 Å². The Balaban J connectivity index is 1.56. The summed E-state index contributed by atoms with van der Waals surface area (Å²) >= 11 is 1.41. The van der Waals surface area contributed by atoms with Crippen molar-refractivity contribution < 1.29 is 14.3 Å². The maximum absolute atomic E-state index is 13.1. The molecule has 0 unspecified atom stereocenters. The zero-order chi connectivity index (χ0) is 19.1. The number of amides is 1. The summed E-state index contributed by atoms with van der Waals surface area (Å²) < 4.78 is 6.27. The standard InChI is InChI=1S/C20H23N3O3S/c1-3-26-19(25)17-11(2)4-5-13-9-23(10-14(13)17)18(24)12-6-7-16-15(8-12)22-20(21)27-16/h4-8,11,13-14,17H,3,9-10H2,1-2H3,(H2,21,22)/t11-,13-,14+,17+/m0/s1. The lowest BCUT2D eigenvalue weighted by Crippen LogP contribution is -2.37. The summed E-state index contributed by atoms with van der Waals surface area (Å²) in [5.41, 5.74) is 7.12. The number of nitrogens with zero attached hydrogens (tertiary/aromatic N) is 2. The normalized spacial score (nSPS) is 27.0. The van der Waals surface area contributed by atoms with Crippen LogP contribution in [0.5, 0.6) is 0 Å². The molecular weight excluding hydrogens is 362 g/mol. The monoisotopic (exact) mass is 385 g/mol. The highest BCUT2D eigenvalue weighted by Crippen LogP contribution is 2.40. The van der Waals surface area contributed by atoms with Crippen LogP contribution in [-0.4, -0.2) is 41.5 Å². The first-order valence-electron chi connectivity index (χ1n) is 9.28. The molecule has 1 aromatic carbocycles. The second-order valence-electron chi connectivity index (χ2n) is 7.29. The van der Waals surface area contributed by atoms with Crippen LogP contribution < -0.4 is 5.73 Å². The molecule has 7 heteroatoms. The number of nitrogen functional groups attached to an aromatic ring is 1. The van der Waals surface area contributed by atoms with E-state index in [1.807, 2.05) is 30.9 Å². The van der Waals surface area contributed by atoms with Gasteiger partial charge in [0, 0.05) is 18.7 Å². The van der Waals surface area contributed by atoms with Gasteiger partial charge in [-0.25, -0.2) is 4.98 Å². The summed E-state index contributed by atoms with van der Waals surface area (Å²) in [7, 11) is 0. The number of anilines is 1. The van der Waals surface area contributed by atoms with Crippen LogP contribution in [0.3, 0.4) is 0 Å². The number of thiazole rings is 1. The first-order valence-corrected chi connectivity index (χ1v) is 10.1. The highest BCUT2D eigenvalue weighted by atomic mass is 32.1. The number of hydrogen-bond donors (Lipinski definition) is 1. The van der Waals surface area contributed by atoms with Crippen molar-refractivity contribution in [1.82, 2.24) is 9.88 Å². The summed E-state index contributed by atoms with van der Waals surface area (Å²) in [6, 6.07) is 5.52. The molecule has 2 N–H and O–H groups in total. The van der Waals surface area contributed by atoms with E-state index in [2.05, 4.69) is 17.1 Å². The quantitative estimate of drug-likeness (QED) is 0.648. The van der Waals surface area contributed by atoms with Gasteiger partial charge in [0.25, 0.3) is 5.91 Å². The van der Waals surface area contributed by atoms with E-state index in [1.165, 1.54) is 11.3 Å². The van der Waals surface area contributed by atoms with Crippen molar-refractivity contribution in [2.45, 2.75) is 13.8 Å². The van der Waals surface area contributed by atoms with E-state index in [1.54, 1.807) is 6.07 Å². The lowest BCUT2D eigenvalue weighted by atomic mass is 9.72. The molecule has 0 radical (unpaired) electrons. The van der Waals surface area contributed by atoms with Crippen molar-refractivity contribution in [3.63, 3.8) is 0 Å². The van der Waals surface area contributed by atoms with Gasteiger partial charge in [0.1, 0.15) is 0 Å². The van der Waals surface area contributed by atoms with Crippen LogP contribution >= 0.6 is 11.3 Å². The number of ether oxygens (including phenoxy) is 1. The van der Waals surface area contributed by atoms with Crippen molar-refractivity contribution in [1.29, 1.82) is 0 Å². The van der Waals surface area contributed by atoms with Crippen molar-refractivity contribution in [3.8, 4) is 0 Å². The van der Waals surface area contributed by atoms with Crippen molar-refractivity contribution in [2.24, 2.45) is 23.7 Å². The highest BCUT2D eigenvalue weighted by molar-refractivity contribution is 7.22. The number of aromatic nitrogens is 1. The predicted molar refractivity (Wildman–Crippen MR) is 105 cm³/mol. The Hall–Kier alpha value is -2.41. The molecule has 2 aromatic rings. The van der Waals surface area contributed by atoms with E-state index in [4.69, 9.17) is 10.5 Å². The number of esters is 1. The molecule has 1 aliphatic heterocycles. The summed E-state index contributed by atoms with van der Waals surface area (Å²) in [4.78, 5) is 31.6. The maximum atomic E-state index is 13.1. The number of fused-ring (bicyclic) bond motifs is 2. The van der Waals surface area contributed by atoms with Gasteiger partial charge < -0.3 is 15.4 Å². The number of rotatable bonds is 3. The van der Waals surface area contributed by atoms with E-state index < -0.39 is 0 Å². The van der Waals surface area contributed by atoms with Gasteiger partial charge in [-0.15, -0.1) is 0 Å². The molecule has 2 heterocycles. The molecule has 0 saturated carbocycles. The number of nitrogens with two attached hydrogens (primary N) is 1. The van der Waals surface area contributed by atoms with Gasteiger partial charge in [-0.1, -0.05) is 30.4 Å². The molecule has 2 aliphatic rings. The highest BCUT2D eigenvalue weighted by Gasteiger charge is 2.46. The molecule has 6 nitrogen and oxygen atoms in total. The van der Waals surface area contributed by atoms with Gasteiger partial charge in [-0.2, -0.15) is 0 Å². The average Bonchev–Trinajstić information content (AvgIpc) is 3.22. The Bertz CT molecular complexity index is 922. The maximum Gasteiger partial charge on any atom is 0.309 e. The minimum Gasteiger partial charge on any atom is -0.466 e. The minimum atomic E-state index is -0.196. The van der Waals surface area contributed by atoms with Crippen LogP contribution in [0.4, 0.5) is 5.13 Å². The van der Waals surface area contributed by atoms with Crippen LogP contribution in [0.25, 0.3) is 10.2 Å². The SMILES string of the molecule is CCOC(=O)[C@H]1[C@@H]2CN(C(=O)c3ccc4sc(N)nc4c3)C[C@@H]2C=C[C@@H]1C. The van der Waals surface area contributed by atoms with Gasteiger partial charge >= 0.3 is 5.97 Å².